The van der Waals surface area contributed by atoms with E-state index < -0.39 is 5.97 Å². The van der Waals surface area contributed by atoms with Crippen LogP contribution >= 0.6 is 11.8 Å². The summed E-state index contributed by atoms with van der Waals surface area (Å²) >= 11 is 1.26. The molecule has 2 unspecified atom stereocenters. The minimum atomic E-state index is -0.822. The average molecular weight is 270 g/mol. The van der Waals surface area contributed by atoms with Gasteiger partial charge in [0, 0.05) is 18.5 Å². The van der Waals surface area contributed by atoms with Crippen molar-refractivity contribution in [2.24, 2.45) is 0 Å². The first kappa shape index (κ1) is 13.4. The number of aromatic nitrogens is 2. The van der Waals surface area contributed by atoms with Crippen LogP contribution in [0.4, 0.5) is 0 Å². The number of hydrogen-bond donors (Lipinski definition) is 1. The first-order valence-electron chi connectivity index (χ1n) is 6.09. The Labute approximate surface area is 111 Å². The molecule has 100 valence electrons. The van der Waals surface area contributed by atoms with Crippen LogP contribution in [0.5, 0.6) is 0 Å². The summed E-state index contributed by atoms with van der Waals surface area (Å²) in [6.07, 6.45) is 4.15. The van der Waals surface area contributed by atoms with E-state index in [4.69, 9.17) is 9.84 Å². The van der Waals surface area contributed by atoms with E-state index in [1.807, 2.05) is 6.92 Å². The van der Waals surface area contributed by atoms with Crippen molar-refractivity contribution in [1.29, 1.82) is 0 Å². The Balaban J connectivity index is 2.14. The quantitative estimate of drug-likeness (QED) is 0.830. The highest BCUT2D eigenvalue weighted by Crippen LogP contribution is 2.29. The smallest absolute Gasteiger partial charge is 0.313 e. The van der Waals surface area contributed by atoms with E-state index in [0.717, 1.165) is 30.3 Å². The van der Waals surface area contributed by atoms with Crippen molar-refractivity contribution in [2.75, 3.05) is 12.4 Å². The van der Waals surface area contributed by atoms with Crippen molar-refractivity contribution in [3.63, 3.8) is 0 Å². The lowest BCUT2D eigenvalue weighted by atomic mass is 10.1. The number of rotatable bonds is 5. The molecule has 2 rings (SSSR count). The monoisotopic (exact) mass is 270 g/mol. The molecule has 2 heterocycles. The van der Waals surface area contributed by atoms with Gasteiger partial charge in [0.15, 0.2) is 5.16 Å². The zero-order valence-electron chi connectivity index (χ0n) is 10.6. The highest BCUT2D eigenvalue weighted by atomic mass is 32.2. The maximum atomic E-state index is 10.6. The Morgan fingerprint density at radius 1 is 1.78 bits per heavy atom. The second-order valence-corrected chi connectivity index (χ2v) is 5.47. The second-order valence-electron chi connectivity index (χ2n) is 4.53. The van der Waals surface area contributed by atoms with Crippen molar-refractivity contribution in [3.8, 4) is 0 Å². The van der Waals surface area contributed by atoms with Crippen molar-refractivity contribution in [1.82, 2.24) is 9.55 Å². The predicted molar refractivity (Wildman–Crippen MR) is 69.0 cm³/mol. The van der Waals surface area contributed by atoms with Gasteiger partial charge in [-0.25, -0.2) is 4.98 Å². The molecule has 1 aliphatic rings. The minimum absolute atomic E-state index is 0.0364. The normalized spacial score (nSPS) is 21.1. The second kappa shape index (κ2) is 5.75. The fraction of sp³-hybridized carbons (Fsp3) is 0.667. The molecule has 0 amide bonds. The zero-order chi connectivity index (χ0) is 13.1. The molecule has 1 aromatic heterocycles. The van der Waals surface area contributed by atoms with Gasteiger partial charge in [-0.3, -0.25) is 4.79 Å². The van der Waals surface area contributed by atoms with Crippen LogP contribution in [0.25, 0.3) is 0 Å². The average Bonchev–Trinajstić information content (AvgIpc) is 2.94. The van der Waals surface area contributed by atoms with Gasteiger partial charge in [0.05, 0.1) is 17.9 Å². The van der Waals surface area contributed by atoms with Gasteiger partial charge in [0.2, 0.25) is 0 Å². The number of aliphatic carboxylic acids is 1. The highest BCUT2D eigenvalue weighted by Gasteiger charge is 2.26. The standard InChI is InChI=1S/C12H18N2O3S/c1-8-6-13-12(18-7-11(15)16)14(8)9(2)10-4-3-5-17-10/h6,9-10H,3-5,7H2,1-2H3,(H,15,16). The lowest BCUT2D eigenvalue weighted by molar-refractivity contribution is -0.133. The Hall–Kier alpha value is -1.01. The maximum absolute atomic E-state index is 10.6. The van der Waals surface area contributed by atoms with Crippen LogP contribution in [0.2, 0.25) is 0 Å². The van der Waals surface area contributed by atoms with Gasteiger partial charge >= 0.3 is 5.97 Å². The van der Waals surface area contributed by atoms with Crippen molar-refractivity contribution in [3.05, 3.63) is 11.9 Å². The van der Waals surface area contributed by atoms with E-state index >= 15 is 0 Å². The van der Waals surface area contributed by atoms with Gasteiger partial charge in [-0.1, -0.05) is 11.8 Å². The Morgan fingerprint density at radius 2 is 2.56 bits per heavy atom. The number of thioether (sulfide) groups is 1. The molecule has 0 bridgehead atoms. The minimum Gasteiger partial charge on any atom is -0.481 e. The first-order valence-corrected chi connectivity index (χ1v) is 7.08. The lowest BCUT2D eigenvalue weighted by Crippen LogP contribution is -2.22. The summed E-state index contributed by atoms with van der Waals surface area (Å²) in [6.45, 7) is 4.92. The number of hydrogen-bond acceptors (Lipinski definition) is 4. The van der Waals surface area contributed by atoms with E-state index in [-0.39, 0.29) is 17.9 Å². The molecule has 1 N–H and O–H groups in total. The summed E-state index contributed by atoms with van der Waals surface area (Å²) < 4.78 is 7.79. The molecule has 5 nitrogen and oxygen atoms in total. The first-order chi connectivity index (χ1) is 8.59. The van der Waals surface area contributed by atoms with Gasteiger partial charge in [-0.15, -0.1) is 0 Å². The molecule has 1 aliphatic heterocycles. The summed E-state index contributed by atoms with van der Waals surface area (Å²) in [5, 5.41) is 9.50. The summed E-state index contributed by atoms with van der Waals surface area (Å²) in [6, 6.07) is 0.200. The number of ether oxygens (including phenoxy) is 1. The van der Waals surface area contributed by atoms with Gasteiger partial charge in [-0.05, 0) is 26.7 Å². The Morgan fingerprint density at radius 3 is 3.17 bits per heavy atom. The van der Waals surface area contributed by atoms with Gasteiger partial charge in [0.1, 0.15) is 0 Å². The number of imidazole rings is 1. The molecule has 1 fully saturated rings. The fourth-order valence-corrected chi connectivity index (χ4v) is 3.13. The van der Waals surface area contributed by atoms with Gasteiger partial charge in [-0.2, -0.15) is 0 Å². The van der Waals surface area contributed by atoms with E-state index in [9.17, 15) is 4.79 Å². The van der Waals surface area contributed by atoms with E-state index in [2.05, 4.69) is 16.5 Å². The molecule has 6 heteroatoms. The number of carboxylic acid groups (broad SMARTS) is 1. The van der Waals surface area contributed by atoms with Crippen LogP contribution in [0.3, 0.4) is 0 Å². The Kier molecular flexibility index (Phi) is 4.29. The fourth-order valence-electron chi connectivity index (χ4n) is 2.30. The molecule has 0 aliphatic carbocycles. The van der Waals surface area contributed by atoms with Crippen LogP contribution in [-0.2, 0) is 9.53 Å². The van der Waals surface area contributed by atoms with Crippen LogP contribution in [-0.4, -0.2) is 39.1 Å². The van der Waals surface area contributed by atoms with Crippen molar-refractivity contribution in [2.45, 2.75) is 44.0 Å². The number of carboxylic acids is 1. The molecular weight excluding hydrogens is 252 g/mol. The molecule has 1 saturated heterocycles. The molecule has 0 aromatic carbocycles. The lowest BCUT2D eigenvalue weighted by Gasteiger charge is -2.23. The largest absolute Gasteiger partial charge is 0.481 e. The van der Waals surface area contributed by atoms with E-state index in [1.165, 1.54) is 11.8 Å². The molecule has 18 heavy (non-hydrogen) atoms. The van der Waals surface area contributed by atoms with Crippen LogP contribution in [0.1, 0.15) is 31.5 Å². The molecular formula is C12H18N2O3S. The SMILES string of the molecule is Cc1cnc(SCC(=O)O)n1C(C)C1CCCO1. The highest BCUT2D eigenvalue weighted by molar-refractivity contribution is 7.99. The third kappa shape index (κ3) is 2.87. The Bertz CT molecular complexity index is 427. The van der Waals surface area contributed by atoms with Crippen molar-refractivity contribution < 1.29 is 14.6 Å². The third-order valence-electron chi connectivity index (χ3n) is 3.18. The van der Waals surface area contributed by atoms with E-state index in [0.29, 0.717) is 0 Å². The number of nitrogens with zero attached hydrogens (tertiary/aromatic N) is 2. The summed E-state index contributed by atoms with van der Waals surface area (Å²) in [5.41, 5.74) is 1.05. The number of aryl methyl sites for hydroxylation is 1. The third-order valence-corrected chi connectivity index (χ3v) is 4.13. The molecule has 0 radical (unpaired) electrons. The topological polar surface area (TPSA) is 64.3 Å². The molecule has 2 atom stereocenters. The van der Waals surface area contributed by atoms with Gasteiger partial charge in [0.25, 0.3) is 0 Å². The van der Waals surface area contributed by atoms with Crippen LogP contribution in [0, 0.1) is 6.92 Å². The van der Waals surface area contributed by atoms with Crippen LogP contribution < -0.4 is 0 Å². The summed E-state index contributed by atoms with van der Waals surface area (Å²) in [5.74, 6) is -0.786. The number of carbonyl (C=O) groups is 1. The van der Waals surface area contributed by atoms with Crippen LogP contribution in [0.15, 0.2) is 11.4 Å². The van der Waals surface area contributed by atoms with Gasteiger partial charge < -0.3 is 14.4 Å². The zero-order valence-corrected chi connectivity index (χ0v) is 11.4. The molecule has 0 saturated carbocycles. The summed E-state index contributed by atoms with van der Waals surface area (Å²) in [4.78, 5) is 14.9. The molecule has 1 aromatic rings. The maximum Gasteiger partial charge on any atom is 0.313 e. The summed E-state index contributed by atoms with van der Waals surface area (Å²) in [7, 11) is 0. The van der Waals surface area contributed by atoms with E-state index in [1.54, 1.807) is 6.20 Å². The predicted octanol–water partition coefficient (Wildman–Crippen LogP) is 2.11. The van der Waals surface area contributed by atoms with Crippen molar-refractivity contribution >= 4 is 17.7 Å². The molecule has 0 spiro atoms.